The molecule has 2 heterocycles. The van der Waals surface area contributed by atoms with Gasteiger partial charge in [-0.15, -0.1) is 0 Å². The Morgan fingerprint density at radius 1 is 1.18 bits per heavy atom. The average Bonchev–Trinajstić information content (AvgIpc) is 3.40. The average molecular weight is 382 g/mol. The number of nitrogens with zero attached hydrogens (tertiary/aromatic N) is 4. The summed E-state index contributed by atoms with van der Waals surface area (Å²) in [5, 5.41) is 0. The summed E-state index contributed by atoms with van der Waals surface area (Å²) in [6, 6.07) is 7.87. The Morgan fingerprint density at radius 2 is 1.89 bits per heavy atom. The van der Waals surface area contributed by atoms with Gasteiger partial charge in [-0.2, -0.15) is 0 Å². The van der Waals surface area contributed by atoms with Crippen molar-refractivity contribution in [3.63, 3.8) is 0 Å². The molecule has 1 saturated carbocycles. The van der Waals surface area contributed by atoms with Gasteiger partial charge in [0.15, 0.2) is 11.2 Å². The van der Waals surface area contributed by atoms with Crippen LogP contribution in [0.5, 0.6) is 0 Å². The molecule has 28 heavy (non-hydrogen) atoms. The van der Waals surface area contributed by atoms with Crippen molar-refractivity contribution in [2.45, 2.75) is 45.7 Å². The van der Waals surface area contributed by atoms with E-state index in [0.29, 0.717) is 35.3 Å². The first-order chi connectivity index (χ1) is 13.5. The lowest BCUT2D eigenvalue weighted by Crippen LogP contribution is -2.41. The molecular formula is C21H26N4O3. The van der Waals surface area contributed by atoms with Crippen LogP contribution >= 0.6 is 0 Å². The van der Waals surface area contributed by atoms with E-state index in [4.69, 9.17) is 4.74 Å². The van der Waals surface area contributed by atoms with Crippen molar-refractivity contribution in [2.75, 3.05) is 13.7 Å². The normalized spacial score (nSPS) is 14.3. The maximum absolute atomic E-state index is 13.2. The number of rotatable bonds is 7. The molecule has 0 aliphatic heterocycles. The zero-order valence-electron chi connectivity index (χ0n) is 16.6. The number of ether oxygens (including phenoxy) is 1. The fourth-order valence-electron chi connectivity index (χ4n) is 3.52. The lowest BCUT2D eigenvalue weighted by Gasteiger charge is -2.13. The second-order valence-corrected chi connectivity index (χ2v) is 7.83. The van der Waals surface area contributed by atoms with Crippen molar-refractivity contribution < 1.29 is 4.74 Å². The molecule has 1 aromatic carbocycles. The first kappa shape index (κ1) is 18.7. The Kier molecular flexibility index (Phi) is 4.93. The van der Waals surface area contributed by atoms with Gasteiger partial charge in [-0.3, -0.25) is 9.36 Å². The molecule has 0 bridgehead atoms. The van der Waals surface area contributed by atoms with Crippen molar-refractivity contribution in [3.05, 3.63) is 57.0 Å². The minimum absolute atomic E-state index is 0.211. The van der Waals surface area contributed by atoms with Crippen LogP contribution in [-0.4, -0.2) is 32.4 Å². The number of benzene rings is 1. The van der Waals surface area contributed by atoms with Crippen molar-refractivity contribution in [1.82, 2.24) is 18.7 Å². The molecule has 0 atom stereocenters. The topological polar surface area (TPSA) is 71.1 Å². The molecule has 7 nitrogen and oxygen atoms in total. The molecule has 1 aliphatic rings. The molecule has 0 amide bonds. The van der Waals surface area contributed by atoms with Gasteiger partial charge in [0.1, 0.15) is 0 Å². The Balaban J connectivity index is 1.94. The van der Waals surface area contributed by atoms with Gasteiger partial charge in [0.25, 0.3) is 5.56 Å². The highest BCUT2D eigenvalue weighted by atomic mass is 16.5. The van der Waals surface area contributed by atoms with Gasteiger partial charge in [0.05, 0.1) is 25.2 Å². The van der Waals surface area contributed by atoms with E-state index in [2.05, 4.69) is 18.8 Å². The second kappa shape index (κ2) is 7.39. The largest absolute Gasteiger partial charge is 0.383 e. The summed E-state index contributed by atoms with van der Waals surface area (Å²) in [6.45, 7) is 5.53. The molecule has 3 aromatic rings. The predicted molar refractivity (Wildman–Crippen MR) is 108 cm³/mol. The third kappa shape index (κ3) is 3.30. The van der Waals surface area contributed by atoms with Crippen LogP contribution in [0.4, 0.5) is 0 Å². The lowest BCUT2D eigenvalue weighted by molar-refractivity contribution is 0.184. The highest BCUT2D eigenvalue weighted by molar-refractivity contribution is 5.72. The first-order valence-corrected chi connectivity index (χ1v) is 9.81. The summed E-state index contributed by atoms with van der Waals surface area (Å²) in [4.78, 5) is 30.8. The summed E-state index contributed by atoms with van der Waals surface area (Å²) in [6.07, 6.45) is 4.03. The molecule has 4 rings (SSSR count). The number of hydrogen-bond donors (Lipinski definition) is 0. The fraction of sp³-hybridized carbons (Fsp3) is 0.476. The van der Waals surface area contributed by atoms with E-state index < -0.39 is 0 Å². The first-order valence-electron chi connectivity index (χ1n) is 9.81. The second-order valence-electron chi connectivity index (χ2n) is 7.83. The molecule has 7 heteroatoms. The Labute approximate surface area is 163 Å². The third-order valence-electron chi connectivity index (χ3n) is 5.39. The van der Waals surface area contributed by atoms with Gasteiger partial charge < -0.3 is 9.30 Å². The van der Waals surface area contributed by atoms with Crippen molar-refractivity contribution in [2.24, 2.45) is 5.92 Å². The van der Waals surface area contributed by atoms with E-state index in [9.17, 15) is 9.59 Å². The van der Waals surface area contributed by atoms with Gasteiger partial charge in [-0.1, -0.05) is 26.0 Å². The Bertz CT molecular complexity index is 1100. The summed E-state index contributed by atoms with van der Waals surface area (Å²) in [5.41, 5.74) is 2.12. The lowest BCUT2D eigenvalue weighted by atomic mass is 10.0. The molecule has 1 aliphatic carbocycles. The van der Waals surface area contributed by atoms with Crippen LogP contribution in [0.3, 0.4) is 0 Å². The van der Waals surface area contributed by atoms with E-state index in [1.165, 1.54) is 23.0 Å². The Hall–Kier alpha value is -2.67. The molecule has 2 aromatic heterocycles. The summed E-state index contributed by atoms with van der Waals surface area (Å²) in [5.74, 6) is 0.995. The maximum Gasteiger partial charge on any atom is 0.337 e. The van der Waals surface area contributed by atoms with Crippen LogP contribution in [0.2, 0.25) is 0 Å². The number of fused-ring (bicyclic) bond motifs is 1. The molecule has 0 spiro atoms. The number of imidazole rings is 1. The minimum Gasteiger partial charge on any atom is -0.383 e. The van der Waals surface area contributed by atoms with Crippen molar-refractivity contribution in [3.8, 4) is 5.69 Å². The molecule has 0 N–H and O–H groups in total. The summed E-state index contributed by atoms with van der Waals surface area (Å²) in [7, 11) is 1.56. The highest BCUT2D eigenvalue weighted by Crippen LogP contribution is 2.31. The zero-order chi connectivity index (χ0) is 19.8. The molecule has 0 radical (unpaired) electrons. The summed E-state index contributed by atoms with van der Waals surface area (Å²) < 4.78 is 9.81. The van der Waals surface area contributed by atoms with Crippen LogP contribution < -0.4 is 11.2 Å². The fourth-order valence-corrected chi connectivity index (χ4v) is 3.52. The van der Waals surface area contributed by atoms with E-state index in [1.807, 2.05) is 28.8 Å². The standard InChI is InChI=1S/C21H26N4O3/c1-14(2)16-6-8-17(9-7-16)25-19-18(23(13-22-19)12-15-4-5-15)20(26)24(21(25)27)10-11-28-3/h6-9,13-15H,4-5,10-12H2,1-3H3. The van der Waals surface area contributed by atoms with Crippen LogP contribution in [0, 0.1) is 5.92 Å². The van der Waals surface area contributed by atoms with Gasteiger partial charge in [0.2, 0.25) is 0 Å². The van der Waals surface area contributed by atoms with Gasteiger partial charge in [0, 0.05) is 13.7 Å². The van der Waals surface area contributed by atoms with E-state index in [0.717, 1.165) is 6.54 Å². The SMILES string of the molecule is COCCn1c(=O)c2c(ncn2CC2CC2)n(-c2ccc(C(C)C)cc2)c1=O. The maximum atomic E-state index is 13.2. The molecule has 0 unspecified atom stereocenters. The van der Waals surface area contributed by atoms with Crippen molar-refractivity contribution >= 4 is 11.2 Å². The van der Waals surface area contributed by atoms with E-state index >= 15 is 0 Å². The van der Waals surface area contributed by atoms with Gasteiger partial charge in [-0.05, 0) is 42.4 Å². The summed E-state index contributed by atoms with van der Waals surface area (Å²) >= 11 is 0. The molecule has 0 saturated heterocycles. The minimum atomic E-state index is -0.386. The number of hydrogen-bond acceptors (Lipinski definition) is 4. The molecule has 148 valence electrons. The van der Waals surface area contributed by atoms with E-state index in [1.54, 1.807) is 18.0 Å². The Morgan fingerprint density at radius 3 is 2.50 bits per heavy atom. The number of methoxy groups -OCH3 is 1. The van der Waals surface area contributed by atoms with Gasteiger partial charge in [-0.25, -0.2) is 14.3 Å². The monoisotopic (exact) mass is 382 g/mol. The molecule has 1 fully saturated rings. The van der Waals surface area contributed by atoms with Crippen LogP contribution in [0.15, 0.2) is 40.2 Å². The van der Waals surface area contributed by atoms with Crippen molar-refractivity contribution in [1.29, 1.82) is 0 Å². The van der Waals surface area contributed by atoms with E-state index in [-0.39, 0.29) is 17.8 Å². The van der Waals surface area contributed by atoms with Crippen LogP contribution in [0.1, 0.15) is 38.2 Å². The zero-order valence-corrected chi connectivity index (χ0v) is 16.6. The smallest absolute Gasteiger partial charge is 0.337 e. The predicted octanol–water partition coefficient (Wildman–Crippen LogP) is 2.53. The quantitative estimate of drug-likeness (QED) is 0.630. The van der Waals surface area contributed by atoms with Gasteiger partial charge >= 0.3 is 5.69 Å². The van der Waals surface area contributed by atoms with Crippen LogP contribution in [0.25, 0.3) is 16.9 Å². The highest BCUT2D eigenvalue weighted by Gasteiger charge is 2.25. The third-order valence-corrected chi connectivity index (χ3v) is 5.39. The number of aromatic nitrogens is 4. The van der Waals surface area contributed by atoms with Crippen LogP contribution in [-0.2, 0) is 17.8 Å². The molecular weight excluding hydrogens is 356 g/mol.